The molecule has 1 aromatic heterocycles. The summed E-state index contributed by atoms with van der Waals surface area (Å²) in [7, 11) is 1.60. The van der Waals surface area contributed by atoms with Gasteiger partial charge in [0.25, 0.3) is 5.91 Å². The highest BCUT2D eigenvalue weighted by atomic mass is 32.1. The number of nitrogens with zero attached hydrogens (tertiary/aromatic N) is 1. The third kappa shape index (κ3) is 5.09. The summed E-state index contributed by atoms with van der Waals surface area (Å²) in [6.07, 6.45) is 0.761. The Morgan fingerprint density at radius 1 is 1.03 bits per heavy atom. The molecule has 1 atom stereocenters. The van der Waals surface area contributed by atoms with E-state index in [0.717, 1.165) is 16.2 Å². The molecule has 0 fully saturated rings. The molecule has 0 bridgehead atoms. The molecule has 0 aliphatic carbocycles. The van der Waals surface area contributed by atoms with Crippen molar-refractivity contribution in [1.82, 2.24) is 4.90 Å². The van der Waals surface area contributed by atoms with Gasteiger partial charge in [0, 0.05) is 11.3 Å². The van der Waals surface area contributed by atoms with Gasteiger partial charge in [0.2, 0.25) is 0 Å². The van der Waals surface area contributed by atoms with E-state index in [1.54, 1.807) is 31.4 Å². The largest absolute Gasteiger partial charge is 0.503 e. The number of aryl methyl sites for hydroxylation is 1. The van der Waals surface area contributed by atoms with Crippen molar-refractivity contribution in [2.45, 2.75) is 18.9 Å². The molecule has 1 aliphatic rings. The number of carbonyl (C=O) groups is 2. The highest BCUT2D eigenvalue weighted by molar-refractivity contribution is 7.10. The van der Waals surface area contributed by atoms with Gasteiger partial charge in [-0.15, -0.1) is 11.3 Å². The van der Waals surface area contributed by atoms with E-state index >= 15 is 0 Å². The molecular weight excluding hydrogens is 438 g/mol. The Kier molecular flexibility index (Phi) is 7.10. The molecule has 2 aromatic carbocycles. The third-order valence-electron chi connectivity index (χ3n) is 5.56. The number of amides is 1. The number of aliphatic hydroxyl groups excluding tert-OH is 1. The summed E-state index contributed by atoms with van der Waals surface area (Å²) < 4.78 is 10.9. The Morgan fingerprint density at radius 3 is 2.42 bits per heavy atom. The monoisotopic (exact) mass is 463 g/mol. The predicted octanol–water partition coefficient (Wildman–Crippen LogP) is 4.73. The van der Waals surface area contributed by atoms with E-state index in [1.165, 1.54) is 16.2 Å². The minimum atomic E-state index is -0.611. The van der Waals surface area contributed by atoms with Gasteiger partial charge in [-0.3, -0.25) is 9.59 Å². The molecule has 3 aromatic rings. The van der Waals surface area contributed by atoms with Crippen LogP contribution in [0.25, 0.3) is 0 Å². The van der Waals surface area contributed by atoms with E-state index in [1.807, 2.05) is 47.8 Å². The van der Waals surface area contributed by atoms with Gasteiger partial charge in [-0.05, 0) is 47.7 Å². The topological polar surface area (TPSA) is 76.1 Å². The lowest BCUT2D eigenvalue weighted by atomic mass is 9.97. The van der Waals surface area contributed by atoms with Crippen LogP contribution in [0, 0.1) is 0 Å². The molecule has 0 saturated carbocycles. The maximum atomic E-state index is 13.1. The van der Waals surface area contributed by atoms with Crippen molar-refractivity contribution >= 4 is 23.0 Å². The van der Waals surface area contributed by atoms with Crippen LogP contribution in [0.1, 0.15) is 22.9 Å². The Bertz CT molecular complexity index is 1120. The fourth-order valence-corrected chi connectivity index (χ4v) is 4.73. The number of methoxy groups -OCH3 is 1. The van der Waals surface area contributed by atoms with Crippen LogP contribution in [0.5, 0.6) is 11.5 Å². The summed E-state index contributed by atoms with van der Waals surface area (Å²) in [5.41, 5.74) is 1.20. The van der Waals surface area contributed by atoms with Gasteiger partial charge in [-0.25, -0.2) is 0 Å². The number of aliphatic hydroxyl groups is 1. The van der Waals surface area contributed by atoms with Gasteiger partial charge < -0.3 is 19.5 Å². The Labute approximate surface area is 196 Å². The molecule has 1 N–H and O–H groups in total. The third-order valence-corrected chi connectivity index (χ3v) is 6.49. The second-order valence-electron chi connectivity index (χ2n) is 7.61. The first-order valence-electron chi connectivity index (χ1n) is 10.7. The number of thiophene rings is 1. The van der Waals surface area contributed by atoms with Crippen LogP contribution in [0.4, 0.5) is 0 Å². The number of benzene rings is 2. The lowest BCUT2D eigenvalue weighted by molar-refractivity contribution is -0.129. The first-order chi connectivity index (χ1) is 16.1. The number of rotatable bonds is 10. The SMILES string of the molecule is COc1ccc(OCCN2C(=O)C(O)=C(C(=O)CCc3ccccc3)C2c2cccs2)cc1. The Hall–Kier alpha value is -3.58. The molecule has 33 heavy (non-hydrogen) atoms. The number of Topliss-reactive ketones (excluding diaryl/α,β-unsaturated/α-hetero) is 1. The van der Waals surface area contributed by atoms with E-state index in [-0.39, 0.29) is 30.9 Å². The predicted molar refractivity (Wildman–Crippen MR) is 127 cm³/mol. The molecule has 1 unspecified atom stereocenters. The van der Waals surface area contributed by atoms with E-state index in [9.17, 15) is 14.7 Å². The molecule has 7 heteroatoms. The molecule has 4 rings (SSSR count). The van der Waals surface area contributed by atoms with E-state index in [4.69, 9.17) is 9.47 Å². The van der Waals surface area contributed by atoms with Crippen LogP contribution in [-0.4, -0.2) is 42.0 Å². The van der Waals surface area contributed by atoms with E-state index < -0.39 is 17.7 Å². The van der Waals surface area contributed by atoms with Crippen molar-refractivity contribution in [2.24, 2.45) is 0 Å². The van der Waals surface area contributed by atoms with Crippen molar-refractivity contribution in [1.29, 1.82) is 0 Å². The summed E-state index contributed by atoms with van der Waals surface area (Å²) >= 11 is 1.45. The van der Waals surface area contributed by atoms with Crippen molar-refractivity contribution in [3.05, 3.63) is 93.9 Å². The van der Waals surface area contributed by atoms with E-state index in [2.05, 4.69) is 0 Å². The van der Waals surface area contributed by atoms with Gasteiger partial charge in [-0.2, -0.15) is 0 Å². The molecule has 0 saturated heterocycles. The summed E-state index contributed by atoms with van der Waals surface area (Å²) in [6, 6.07) is 20.0. The van der Waals surface area contributed by atoms with Gasteiger partial charge in [-0.1, -0.05) is 36.4 Å². The lowest BCUT2D eigenvalue weighted by Gasteiger charge is -2.25. The summed E-state index contributed by atoms with van der Waals surface area (Å²) in [5, 5.41) is 12.6. The molecule has 1 aliphatic heterocycles. The standard InChI is InChI=1S/C26H25NO5S/c1-31-19-10-12-20(13-11-19)32-16-15-27-24(22-8-5-17-33-22)23(25(29)26(27)30)21(28)14-9-18-6-3-2-4-7-18/h2-8,10-13,17,24,29H,9,14-16H2,1H3. The molecule has 0 spiro atoms. The van der Waals surface area contributed by atoms with Gasteiger partial charge in [0.05, 0.1) is 25.3 Å². The van der Waals surface area contributed by atoms with Crippen LogP contribution in [0.15, 0.2) is 83.4 Å². The lowest BCUT2D eigenvalue weighted by Crippen LogP contribution is -2.34. The number of hydrogen-bond donors (Lipinski definition) is 1. The maximum Gasteiger partial charge on any atom is 0.290 e. The van der Waals surface area contributed by atoms with Crippen LogP contribution in [0.3, 0.4) is 0 Å². The molecule has 170 valence electrons. The maximum absolute atomic E-state index is 13.1. The number of ketones is 1. The minimum Gasteiger partial charge on any atom is -0.503 e. The van der Waals surface area contributed by atoms with Crippen molar-refractivity contribution in [3.8, 4) is 11.5 Å². The zero-order chi connectivity index (χ0) is 23.2. The van der Waals surface area contributed by atoms with Crippen LogP contribution < -0.4 is 9.47 Å². The number of ether oxygens (including phenoxy) is 2. The van der Waals surface area contributed by atoms with Gasteiger partial charge in [0.1, 0.15) is 18.1 Å². The average molecular weight is 464 g/mol. The zero-order valence-corrected chi connectivity index (χ0v) is 19.1. The zero-order valence-electron chi connectivity index (χ0n) is 18.3. The summed E-state index contributed by atoms with van der Waals surface area (Å²) in [5.74, 6) is 0.140. The van der Waals surface area contributed by atoms with Crippen LogP contribution in [0.2, 0.25) is 0 Å². The molecule has 1 amide bonds. The smallest absolute Gasteiger partial charge is 0.290 e. The summed E-state index contributed by atoms with van der Waals surface area (Å²) in [4.78, 5) is 28.4. The summed E-state index contributed by atoms with van der Waals surface area (Å²) in [6.45, 7) is 0.450. The molecule has 6 nitrogen and oxygen atoms in total. The Morgan fingerprint density at radius 2 is 1.76 bits per heavy atom. The van der Waals surface area contributed by atoms with Crippen LogP contribution in [-0.2, 0) is 16.0 Å². The number of carbonyl (C=O) groups excluding carboxylic acids is 2. The van der Waals surface area contributed by atoms with Crippen molar-refractivity contribution in [2.75, 3.05) is 20.3 Å². The second kappa shape index (κ2) is 10.4. The van der Waals surface area contributed by atoms with Crippen LogP contribution >= 0.6 is 11.3 Å². The first-order valence-corrected chi connectivity index (χ1v) is 11.6. The fraction of sp³-hybridized carbons (Fsp3) is 0.231. The van der Waals surface area contributed by atoms with Crippen molar-refractivity contribution < 1.29 is 24.2 Å². The van der Waals surface area contributed by atoms with Gasteiger partial charge >= 0.3 is 0 Å². The molecule has 2 heterocycles. The first kappa shape index (κ1) is 22.6. The minimum absolute atomic E-state index is 0.169. The fourth-order valence-electron chi connectivity index (χ4n) is 3.88. The molecular formula is C26H25NO5S. The Balaban J connectivity index is 1.48. The second-order valence-corrected chi connectivity index (χ2v) is 8.59. The van der Waals surface area contributed by atoms with E-state index in [0.29, 0.717) is 12.2 Å². The van der Waals surface area contributed by atoms with Gasteiger partial charge in [0.15, 0.2) is 11.5 Å². The quantitative estimate of drug-likeness (QED) is 0.470. The molecule has 0 radical (unpaired) electrons. The highest BCUT2D eigenvalue weighted by Crippen LogP contribution is 2.40. The highest BCUT2D eigenvalue weighted by Gasteiger charge is 2.43. The number of hydrogen-bond acceptors (Lipinski definition) is 6. The average Bonchev–Trinajstić information content (AvgIpc) is 3.46. The van der Waals surface area contributed by atoms with Crippen molar-refractivity contribution in [3.63, 3.8) is 0 Å². The normalized spacial score (nSPS) is 15.7.